The zero-order valence-corrected chi connectivity index (χ0v) is 19.0. The van der Waals surface area contributed by atoms with Gasteiger partial charge in [0.2, 0.25) is 16.0 Å². The van der Waals surface area contributed by atoms with E-state index in [0.717, 1.165) is 52.0 Å². The number of nitrogens with zero attached hydrogens (tertiary/aromatic N) is 4. The number of benzene rings is 2. The van der Waals surface area contributed by atoms with Gasteiger partial charge < -0.3 is 10.2 Å². The molecule has 2 aromatic carbocycles. The van der Waals surface area contributed by atoms with Crippen molar-refractivity contribution in [3.05, 3.63) is 65.1 Å². The number of nitrogens with one attached hydrogen (secondary N) is 1. The van der Waals surface area contributed by atoms with Gasteiger partial charge >= 0.3 is 0 Å². The maximum atomic E-state index is 13.2. The first-order valence-electron chi connectivity index (χ1n) is 10.4. The van der Waals surface area contributed by atoms with Gasteiger partial charge in [-0.3, -0.25) is 4.79 Å². The second-order valence-corrected chi connectivity index (χ2v) is 9.35. The van der Waals surface area contributed by atoms with Crippen molar-refractivity contribution in [1.82, 2.24) is 14.6 Å². The normalized spacial score (nSPS) is 16.5. The molecule has 1 atom stereocenters. The highest BCUT2D eigenvalue weighted by Crippen LogP contribution is 2.30. The molecule has 0 unspecified atom stereocenters. The van der Waals surface area contributed by atoms with Crippen molar-refractivity contribution in [2.45, 2.75) is 19.8 Å². The number of carbonyl (C=O) groups excluding carboxylic acids is 1. The fourth-order valence-electron chi connectivity index (χ4n) is 3.91. The van der Waals surface area contributed by atoms with Crippen LogP contribution in [0.1, 0.15) is 18.4 Å². The number of carbonyl (C=O) groups is 1. The molecule has 0 aliphatic carbocycles. The molecule has 0 spiro atoms. The molecular formula is C23H21ClFN5OS. The van der Waals surface area contributed by atoms with Gasteiger partial charge in [-0.05, 0) is 61.7 Å². The van der Waals surface area contributed by atoms with Crippen LogP contribution in [0.15, 0.2) is 48.7 Å². The highest BCUT2D eigenvalue weighted by molar-refractivity contribution is 7.20. The molecule has 0 radical (unpaired) electrons. The lowest BCUT2D eigenvalue weighted by Gasteiger charge is -2.31. The number of imidazole rings is 1. The van der Waals surface area contributed by atoms with E-state index in [9.17, 15) is 9.18 Å². The Balaban J connectivity index is 1.30. The van der Waals surface area contributed by atoms with E-state index in [-0.39, 0.29) is 17.6 Å². The molecule has 1 fully saturated rings. The Labute approximate surface area is 193 Å². The largest absolute Gasteiger partial charge is 0.346 e. The molecule has 1 aliphatic rings. The maximum absolute atomic E-state index is 13.2. The van der Waals surface area contributed by atoms with Crippen LogP contribution in [0, 0.1) is 18.7 Å². The monoisotopic (exact) mass is 469 g/mol. The summed E-state index contributed by atoms with van der Waals surface area (Å²) in [5, 5.41) is 9.15. The first kappa shape index (κ1) is 20.9. The van der Waals surface area contributed by atoms with E-state index in [4.69, 9.17) is 11.6 Å². The molecule has 0 bridgehead atoms. The summed E-state index contributed by atoms with van der Waals surface area (Å²) < 4.78 is 14.9. The summed E-state index contributed by atoms with van der Waals surface area (Å²) in [5.41, 5.74) is 3.33. The van der Waals surface area contributed by atoms with Crippen LogP contribution in [-0.2, 0) is 4.79 Å². The lowest BCUT2D eigenvalue weighted by Crippen LogP contribution is -2.40. The number of piperidine rings is 1. The van der Waals surface area contributed by atoms with Crippen LogP contribution in [0.4, 0.5) is 15.2 Å². The van der Waals surface area contributed by atoms with Gasteiger partial charge in [-0.2, -0.15) is 0 Å². The van der Waals surface area contributed by atoms with Gasteiger partial charge in [-0.25, -0.2) is 13.9 Å². The van der Waals surface area contributed by atoms with Crippen molar-refractivity contribution < 1.29 is 9.18 Å². The standard InChI is InChI=1S/C23H21ClFN5OS/c1-14-4-7-17(24)11-19(14)26-21(31)16-3-2-10-29(12-16)23-28-30-13-20(27-22(30)32-23)15-5-8-18(25)9-6-15/h4-9,11,13,16H,2-3,10,12H2,1H3,(H,26,31)/t16-/m0/s1. The summed E-state index contributed by atoms with van der Waals surface area (Å²) in [6.45, 7) is 3.40. The predicted octanol–water partition coefficient (Wildman–Crippen LogP) is 5.41. The van der Waals surface area contributed by atoms with E-state index in [1.54, 1.807) is 22.7 Å². The third-order valence-corrected chi connectivity index (χ3v) is 6.91. The lowest BCUT2D eigenvalue weighted by molar-refractivity contribution is -0.120. The topological polar surface area (TPSA) is 62.5 Å². The number of halogens is 2. The van der Waals surface area contributed by atoms with Crippen LogP contribution >= 0.6 is 22.9 Å². The second kappa shape index (κ2) is 8.52. The van der Waals surface area contributed by atoms with E-state index in [1.807, 2.05) is 25.3 Å². The molecule has 9 heteroatoms. The van der Waals surface area contributed by atoms with Gasteiger partial charge in [0.15, 0.2) is 0 Å². The number of aromatic nitrogens is 3. The van der Waals surface area contributed by atoms with Gasteiger partial charge in [-0.15, -0.1) is 5.10 Å². The van der Waals surface area contributed by atoms with E-state index < -0.39 is 0 Å². The van der Waals surface area contributed by atoms with Gasteiger partial charge in [0.1, 0.15) is 5.82 Å². The molecule has 32 heavy (non-hydrogen) atoms. The van der Waals surface area contributed by atoms with Crippen LogP contribution in [0.2, 0.25) is 5.02 Å². The number of aryl methyl sites for hydroxylation is 1. The summed E-state index contributed by atoms with van der Waals surface area (Å²) in [7, 11) is 0. The molecule has 164 valence electrons. The first-order chi connectivity index (χ1) is 15.5. The molecule has 5 rings (SSSR count). The molecule has 3 heterocycles. The minimum atomic E-state index is -0.274. The van der Waals surface area contributed by atoms with Crippen molar-refractivity contribution in [3.8, 4) is 11.3 Å². The summed E-state index contributed by atoms with van der Waals surface area (Å²) in [5.74, 6) is -0.405. The second-order valence-electron chi connectivity index (χ2n) is 7.98. The molecule has 1 N–H and O–H groups in total. The highest BCUT2D eigenvalue weighted by atomic mass is 35.5. The third-order valence-electron chi connectivity index (χ3n) is 5.69. The Morgan fingerprint density at radius 1 is 1.25 bits per heavy atom. The number of hydrogen-bond donors (Lipinski definition) is 1. The van der Waals surface area contributed by atoms with Crippen molar-refractivity contribution in [1.29, 1.82) is 0 Å². The number of rotatable bonds is 4. The molecule has 1 aliphatic heterocycles. The first-order valence-corrected chi connectivity index (χ1v) is 11.6. The van der Waals surface area contributed by atoms with Crippen LogP contribution in [0.25, 0.3) is 16.2 Å². The highest BCUT2D eigenvalue weighted by Gasteiger charge is 2.28. The number of anilines is 2. The fraction of sp³-hybridized carbons (Fsp3) is 0.261. The van der Waals surface area contributed by atoms with Crippen molar-refractivity contribution >= 4 is 44.6 Å². The Bertz CT molecular complexity index is 1250. The van der Waals surface area contributed by atoms with Gasteiger partial charge in [0.05, 0.1) is 17.8 Å². The predicted molar refractivity (Wildman–Crippen MR) is 126 cm³/mol. The Hall–Kier alpha value is -2.97. The third kappa shape index (κ3) is 4.20. The maximum Gasteiger partial charge on any atom is 0.229 e. The fourth-order valence-corrected chi connectivity index (χ4v) is 5.00. The zero-order chi connectivity index (χ0) is 22.2. The minimum absolute atomic E-state index is 0.00000337. The van der Waals surface area contributed by atoms with E-state index in [0.29, 0.717) is 11.6 Å². The molecule has 6 nitrogen and oxygen atoms in total. The van der Waals surface area contributed by atoms with E-state index >= 15 is 0 Å². The molecule has 4 aromatic rings. The average molecular weight is 470 g/mol. The average Bonchev–Trinajstić information content (AvgIpc) is 3.36. The van der Waals surface area contributed by atoms with Crippen LogP contribution < -0.4 is 10.2 Å². The smallest absolute Gasteiger partial charge is 0.229 e. The van der Waals surface area contributed by atoms with Crippen molar-refractivity contribution in [3.63, 3.8) is 0 Å². The zero-order valence-electron chi connectivity index (χ0n) is 17.4. The SMILES string of the molecule is Cc1ccc(Cl)cc1NC(=O)[C@H]1CCCN(c2nn3cc(-c4ccc(F)cc4)nc3s2)C1. The minimum Gasteiger partial charge on any atom is -0.346 e. The quantitative estimate of drug-likeness (QED) is 0.434. The van der Waals surface area contributed by atoms with Gasteiger partial charge in [0, 0.05) is 29.4 Å². The van der Waals surface area contributed by atoms with E-state index in [2.05, 4.69) is 20.3 Å². The Morgan fingerprint density at radius 3 is 2.84 bits per heavy atom. The lowest BCUT2D eigenvalue weighted by atomic mass is 9.97. The van der Waals surface area contributed by atoms with Crippen molar-refractivity contribution in [2.75, 3.05) is 23.3 Å². The molecule has 1 saturated heterocycles. The summed E-state index contributed by atoms with van der Waals surface area (Å²) in [4.78, 5) is 20.5. The Morgan fingerprint density at radius 2 is 2.06 bits per heavy atom. The molecule has 2 aromatic heterocycles. The molecular weight excluding hydrogens is 449 g/mol. The summed E-state index contributed by atoms with van der Waals surface area (Å²) in [6.07, 6.45) is 3.59. The van der Waals surface area contributed by atoms with Crippen molar-refractivity contribution in [2.24, 2.45) is 5.92 Å². The molecule has 0 saturated carbocycles. The van der Waals surface area contributed by atoms with Gasteiger partial charge in [0.25, 0.3) is 0 Å². The Kier molecular flexibility index (Phi) is 5.57. The summed E-state index contributed by atoms with van der Waals surface area (Å²) in [6, 6.07) is 11.8. The summed E-state index contributed by atoms with van der Waals surface area (Å²) >= 11 is 7.57. The van der Waals surface area contributed by atoms with E-state index in [1.165, 1.54) is 23.5 Å². The van der Waals surface area contributed by atoms with Crippen LogP contribution in [-0.4, -0.2) is 33.6 Å². The van der Waals surface area contributed by atoms with Crippen LogP contribution in [0.3, 0.4) is 0 Å². The molecule has 1 amide bonds. The number of amides is 1. The number of fused-ring (bicyclic) bond motifs is 1. The van der Waals surface area contributed by atoms with Crippen LogP contribution in [0.5, 0.6) is 0 Å². The van der Waals surface area contributed by atoms with Gasteiger partial charge in [-0.1, -0.05) is 29.0 Å². The number of hydrogen-bond acceptors (Lipinski definition) is 5.